The fraction of sp³-hybridized carbons (Fsp3) is 0.391. The summed E-state index contributed by atoms with van der Waals surface area (Å²) in [4.78, 5) is 0. The van der Waals surface area contributed by atoms with Gasteiger partial charge in [0.2, 0.25) is 0 Å². The molecule has 0 saturated carbocycles. The molecular weight excluding hydrogens is 376 g/mol. The molecular formula is C23H28N6O. The number of nitriles is 1. The molecule has 30 heavy (non-hydrogen) atoms. The van der Waals surface area contributed by atoms with Gasteiger partial charge in [0.15, 0.2) is 0 Å². The largest absolute Gasteiger partial charge is 0.494 e. The summed E-state index contributed by atoms with van der Waals surface area (Å²) in [5, 5.41) is 25.1. The number of fused-ring (bicyclic) bond motifs is 1. The molecule has 7 heteroatoms. The van der Waals surface area contributed by atoms with Gasteiger partial charge in [-0.05, 0) is 63.1 Å². The summed E-state index contributed by atoms with van der Waals surface area (Å²) in [6.45, 7) is 6.68. The number of hydrogen-bond donors (Lipinski definition) is 3. The molecule has 0 bridgehead atoms. The van der Waals surface area contributed by atoms with E-state index < -0.39 is 0 Å². The van der Waals surface area contributed by atoms with Crippen LogP contribution in [0.3, 0.4) is 0 Å². The van der Waals surface area contributed by atoms with Gasteiger partial charge < -0.3 is 20.7 Å². The monoisotopic (exact) mass is 404 g/mol. The van der Waals surface area contributed by atoms with Crippen LogP contribution < -0.4 is 20.7 Å². The molecule has 2 aromatic heterocycles. The number of pyridine rings is 1. The molecule has 0 aliphatic carbocycles. The number of aromatic nitrogens is 2. The minimum Gasteiger partial charge on any atom is -0.494 e. The number of benzene rings is 1. The number of hydrogen-bond acceptors (Lipinski definition) is 6. The van der Waals surface area contributed by atoms with E-state index in [-0.39, 0.29) is 0 Å². The SMILES string of the molecule is CCOc1ccc(Nc2c(CC)c(N[C@H]3CCCNC3)c(C#N)c3ccnn23)cc1. The first-order chi connectivity index (χ1) is 14.7. The fourth-order valence-electron chi connectivity index (χ4n) is 4.06. The number of anilines is 3. The van der Waals surface area contributed by atoms with Crippen LogP contribution >= 0.6 is 0 Å². The summed E-state index contributed by atoms with van der Waals surface area (Å²) >= 11 is 0. The van der Waals surface area contributed by atoms with E-state index >= 15 is 0 Å². The van der Waals surface area contributed by atoms with Gasteiger partial charge in [-0.15, -0.1) is 0 Å². The highest BCUT2D eigenvalue weighted by Gasteiger charge is 2.22. The van der Waals surface area contributed by atoms with Crippen molar-refractivity contribution in [3.63, 3.8) is 0 Å². The maximum Gasteiger partial charge on any atom is 0.137 e. The minimum absolute atomic E-state index is 0.305. The zero-order valence-electron chi connectivity index (χ0n) is 17.5. The van der Waals surface area contributed by atoms with Gasteiger partial charge in [0, 0.05) is 23.8 Å². The molecule has 1 aliphatic rings. The lowest BCUT2D eigenvalue weighted by Gasteiger charge is -2.28. The van der Waals surface area contributed by atoms with E-state index in [2.05, 4.69) is 34.0 Å². The van der Waals surface area contributed by atoms with Crippen molar-refractivity contribution in [2.24, 2.45) is 0 Å². The Bertz CT molecular complexity index is 1040. The van der Waals surface area contributed by atoms with E-state index in [1.54, 1.807) is 6.20 Å². The number of rotatable bonds is 7. The molecule has 1 saturated heterocycles. The van der Waals surface area contributed by atoms with Crippen molar-refractivity contribution in [3.05, 3.63) is 47.7 Å². The Balaban J connectivity index is 1.77. The number of piperidine rings is 1. The Morgan fingerprint density at radius 2 is 2.10 bits per heavy atom. The van der Waals surface area contributed by atoms with Crippen LogP contribution in [0.15, 0.2) is 36.5 Å². The molecule has 3 heterocycles. The molecule has 3 aromatic rings. The quantitative estimate of drug-likeness (QED) is 0.550. The molecule has 1 aliphatic heterocycles. The summed E-state index contributed by atoms with van der Waals surface area (Å²) < 4.78 is 7.38. The highest BCUT2D eigenvalue weighted by Crippen LogP contribution is 2.35. The van der Waals surface area contributed by atoms with E-state index in [0.29, 0.717) is 18.2 Å². The van der Waals surface area contributed by atoms with E-state index in [4.69, 9.17) is 4.74 Å². The summed E-state index contributed by atoms with van der Waals surface area (Å²) in [6.07, 6.45) is 4.73. The zero-order chi connectivity index (χ0) is 20.9. The van der Waals surface area contributed by atoms with Crippen LogP contribution in [-0.4, -0.2) is 35.4 Å². The van der Waals surface area contributed by atoms with Crippen molar-refractivity contribution >= 4 is 22.7 Å². The van der Waals surface area contributed by atoms with Gasteiger partial charge in [-0.2, -0.15) is 10.4 Å². The molecule has 156 valence electrons. The second-order valence-electron chi connectivity index (χ2n) is 7.44. The average molecular weight is 405 g/mol. The standard InChI is InChI=1S/C23H28N6O/c1-3-19-22(27-17-6-5-12-25-15-17)20(14-24)21-11-13-26-29(21)23(19)28-16-7-9-18(10-8-16)30-4-2/h7-11,13,17,25,27-28H,3-6,12,15H2,1-2H3/t17-/m0/s1. The molecule has 1 atom stereocenters. The summed E-state index contributed by atoms with van der Waals surface area (Å²) in [6, 6.07) is 12.5. The van der Waals surface area contributed by atoms with Crippen molar-refractivity contribution in [1.29, 1.82) is 5.26 Å². The van der Waals surface area contributed by atoms with Gasteiger partial charge in [-0.25, -0.2) is 4.52 Å². The van der Waals surface area contributed by atoms with Crippen LogP contribution in [0, 0.1) is 11.3 Å². The van der Waals surface area contributed by atoms with Gasteiger partial charge in [0.05, 0.1) is 24.0 Å². The normalized spacial score (nSPS) is 16.2. The fourth-order valence-corrected chi connectivity index (χ4v) is 4.06. The minimum atomic E-state index is 0.305. The molecule has 0 spiro atoms. The van der Waals surface area contributed by atoms with Crippen molar-refractivity contribution in [1.82, 2.24) is 14.9 Å². The first-order valence-electron chi connectivity index (χ1n) is 10.6. The van der Waals surface area contributed by atoms with Crippen molar-refractivity contribution < 1.29 is 4.74 Å². The Morgan fingerprint density at radius 3 is 2.77 bits per heavy atom. The Morgan fingerprint density at radius 1 is 1.27 bits per heavy atom. The number of nitrogens with zero attached hydrogens (tertiary/aromatic N) is 3. The van der Waals surface area contributed by atoms with Gasteiger partial charge in [-0.3, -0.25) is 0 Å². The first-order valence-corrected chi connectivity index (χ1v) is 10.6. The van der Waals surface area contributed by atoms with Gasteiger partial charge in [-0.1, -0.05) is 6.92 Å². The van der Waals surface area contributed by atoms with Gasteiger partial charge in [0.25, 0.3) is 0 Å². The van der Waals surface area contributed by atoms with E-state index in [1.165, 1.54) is 0 Å². The predicted molar refractivity (Wildman–Crippen MR) is 120 cm³/mol. The highest BCUT2D eigenvalue weighted by atomic mass is 16.5. The molecule has 7 nitrogen and oxygen atoms in total. The highest BCUT2D eigenvalue weighted by molar-refractivity contribution is 5.82. The van der Waals surface area contributed by atoms with Crippen LogP contribution in [0.5, 0.6) is 5.75 Å². The second kappa shape index (κ2) is 9.06. The van der Waals surface area contributed by atoms with Crippen LogP contribution in [0.25, 0.3) is 5.52 Å². The van der Waals surface area contributed by atoms with Crippen LogP contribution in [-0.2, 0) is 6.42 Å². The molecule has 0 amide bonds. The second-order valence-corrected chi connectivity index (χ2v) is 7.44. The van der Waals surface area contributed by atoms with Crippen molar-refractivity contribution in [2.75, 3.05) is 30.3 Å². The summed E-state index contributed by atoms with van der Waals surface area (Å²) in [5.41, 5.74) is 4.36. The third kappa shape index (κ3) is 3.91. The molecule has 1 fully saturated rings. The van der Waals surface area contributed by atoms with E-state index in [9.17, 15) is 5.26 Å². The molecule has 3 N–H and O–H groups in total. The molecule has 0 radical (unpaired) electrons. The lowest BCUT2D eigenvalue weighted by atomic mass is 10.0. The third-order valence-corrected chi connectivity index (χ3v) is 5.49. The maximum atomic E-state index is 9.96. The van der Waals surface area contributed by atoms with Gasteiger partial charge in [0.1, 0.15) is 23.2 Å². The van der Waals surface area contributed by atoms with E-state index in [0.717, 1.165) is 66.4 Å². The smallest absolute Gasteiger partial charge is 0.137 e. The lowest BCUT2D eigenvalue weighted by molar-refractivity contribution is 0.340. The zero-order valence-corrected chi connectivity index (χ0v) is 17.5. The topological polar surface area (TPSA) is 86.4 Å². The first kappa shape index (κ1) is 20.0. The molecule has 4 rings (SSSR count). The van der Waals surface area contributed by atoms with Crippen LogP contribution in [0.1, 0.15) is 37.8 Å². The van der Waals surface area contributed by atoms with Crippen LogP contribution in [0.4, 0.5) is 17.2 Å². The van der Waals surface area contributed by atoms with Crippen molar-refractivity contribution in [3.8, 4) is 11.8 Å². The van der Waals surface area contributed by atoms with Crippen molar-refractivity contribution in [2.45, 2.75) is 39.2 Å². The number of ether oxygens (including phenoxy) is 1. The van der Waals surface area contributed by atoms with E-state index in [1.807, 2.05) is 41.8 Å². The molecule has 0 unspecified atom stereocenters. The lowest BCUT2D eigenvalue weighted by Crippen LogP contribution is -2.38. The Labute approximate surface area is 177 Å². The maximum absolute atomic E-state index is 9.96. The average Bonchev–Trinajstić information content (AvgIpc) is 3.26. The van der Waals surface area contributed by atoms with Crippen LogP contribution in [0.2, 0.25) is 0 Å². The Hall–Kier alpha value is -3.24. The van der Waals surface area contributed by atoms with Gasteiger partial charge >= 0.3 is 0 Å². The Kier molecular flexibility index (Phi) is 6.05. The molecule has 1 aromatic carbocycles. The third-order valence-electron chi connectivity index (χ3n) is 5.49. The number of nitrogens with one attached hydrogen (secondary N) is 3. The predicted octanol–water partition coefficient (Wildman–Crippen LogP) is 4.07. The summed E-state index contributed by atoms with van der Waals surface area (Å²) in [5.74, 6) is 1.72. The summed E-state index contributed by atoms with van der Waals surface area (Å²) in [7, 11) is 0.